The van der Waals surface area contributed by atoms with Crippen LogP contribution in [0.1, 0.15) is 31.9 Å². The summed E-state index contributed by atoms with van der Waals surface area (Å²) in [6, 6.07) is 7.33. The first-order valence-electron chi connectivity index (χ1n) is 4.67. The predicted molar refractivity (Wildman–Crippen MR) is 55.0 cm³/mol. The average molecular weight is 193 g/mol. The van der Waals surface area contributed by atoms with Crippen LogP contribution in [0.15, 0.2) is 24.3 Å². The van der Waals surface area contributed by atoms with E-state index in [9.17, 15) is 4.79 Å². The highest BCUT2D eigenvalue weighted by molar-refractivity contribution is 5.69. The van der Waals surface area contributed by atoms with Crippen molar-refractivity contribution in [2.45, 2.75) is 26.3 Å². The van der Waals surface area contributed by atoms with E-state index in [4.69, 9.17) is 10.5 Å². The van der Waals surface area contributed by atoms with E-state index >= 15 is 0 Å². The standard InChI is InChI=1S/C11H15NO2/c1-3-11(12)9-4-6-10(7-5-9)14-8(2)13/h4-7,11H,3,12H2,1-2H3/t11-/m0/s1. The summed E-state index contributed by atoms with van der Waals surface area (Å²) in [6.07, 6.45) is 0.896. The molecule has 1 rings (SSSR count). The Labute approximate surface area is 83.9 Å². The summed E-state index contributed by atoms with van der Waals surface area (Å²) in [7, 11) is 0. The molecule has 0 aliphatic carbocycles. The Kier molecular flexibility index (Phi) is 3.65. The fourth-order valence-corrected chi connectivity index (χ4v) is 1.18. The first-order valence-corrected chi connectivity index (χ1v) is 4.67. The van der Waals surface area contributed by atoms with Crippen molar-refractivity contribution in [2.24, 2.45) is 5.73 Å². The Morgan fingerprint density at radius 2 is 2.00 bits per heavy atom. The van der Waals surface area contributed by atoms with Crippen molar-refractivity contribution in [3.63, 3.8) is 0 Å². The van der Waals surface area contributed by atoms with Gasteiger partial charge in [-0.15, -0.1) is 0 Å². The Morgan fingerprint density at radius 3 is 2.43 bits per heavy atom. The second-order valence-corrected chi connectivity index (χ2v) is 3.18. The molecule has 3 heteroatoms. The minimum Gasteiger partial charge on any atom is -0.427 e. The van der Waals surface area contributed by atoms with Gasteiger partial charge in [-0.3, -0.25) is 4.79 Å². The maximum atomic E-state index is 10.6. The van der Waals surface area contributed by atoms with Gasteiger partial charge in [-0.05, 0) is 24.1 Å². The molecular weight excluding hydrogens is 178 g/mol. The lowest BCUT2D eigenvalue weighted by molar-refractivity contribution is -0.131. The van der Waals surface area contributed by atoms with Gasteiger partial charge in [0.25, 0.3) is 0 Å². The second-order valence-electron chi connectivity index (χ2n) is 3.18. The lowest BCUT2D eigenvalue weighted by Crippen LogP contribution is -2.08. The van der Waals surface area contributed by atoms with Crippen molar-refractivity contribution >= 4 is 5.97 Å². The largest absolute Gasteiger partial charge is 0.427 e. The zero-order chi connectivity index (χ0) is 10.6. The molecule has 0 saturated heterocycles. The van der Waals surface area contributed by atoms with Gasteiger partial charge < -0.3 is 10.5 Å². The minimum atomic E-state index is -0.308. The minimum absolute atomic E-state index is 0.0568. The number of rotatable bonds is 3. The van der Waals surface area contributed by atoms with Crippen LogP contribution in [0.5, 0.6) is 5.75 Å². The molecule has 14 heavy (non-hydrogen) atoms. The predicted octanol–water partition coefficient (Wildman–Crippen LogP) is 2.02. The molecule has 0 unspecified atom stereocenters. The van der Waals surface area contributed by atoms with Crippen LogP contribution in [0, 0.1) is 0 Å². The molecule has 0 spiro atoms. The van der Waals surface area contributed by atoms with Gasteiger partial charge in [-0.1, -0.05) is 19.1 Å². The number of carbonyl (C=O) groups is 1. The van der Waals surface area contributed by atoms with E-state index in [0.29, 0.717) is 5.75 Å². The highest BCUT2D eigenvalue weighted by Crippen LogP contribution is 2.18. The third kappa shape index (κ3) is 2.85. The number of nitrogens with two attached hydrogens (primary N) is 1. The number of ether oxygens (including phenoxy) is 1. The van der Waals surface area contributed by atoms with Crippen molar-refractivity contribution in [3.05, 3.63) is 29.8 Å². The zero-order valence-corrected chi connectivity index (χ0v) is 8.49. The smallest absolute Gasteiger partial charge is 0.308 e. The summed E-state index contributed by atoms with van der Waals surface area (Å²) in [4.78, 5) is 10.6. The molecular formula is C11H15NO2. The molecule has 0 radical (unpaired) electrons. The molecule has 1 atom stereocenters. The van der Waals surface area contributed by atoms with Crippen molar-refractivity contribution in [1.82, 2.24) is 0 Å². The lowest BCUT2D eigenvalue weighted by atomic mass is 10.1. The molecule has 0 heterocycles. The molecule has 0 fully saturated rings. The topological polar surface area (TPSA) is 52.3 Å². The number of esters is 1. The maximum absolute atomic E-state index is 10.6. The summed E-state index contributed by atoms with van der Waals surface area (Å²) in [5.74, 6) is 0.252. The van der Waals surface area contributed by atoms with Gasteiger partial charge in [0, 0.05) is 13.0 Å². The van der Waals surface area contributed by atoms with E-state index in [0.717, 1.165) is 12.0 Å². The summed E-state index contributed by atoms with van der Waals surface area (Å²) < 4.78 is 4.90. The second kappa shape index (κ2) is 4.77. The van der Waals surface area contributed by atoms with Gasteiger partial charge in [0.1, 0.15) is 5.75 Å². The molecule has 1 aromatic rings. The quantitative estimate of drug-likeness (QED) is 0.590. The first-order chi connectivity index (χ1) is 6.63. The van der Waals surface area contributed by atoms with Crippen molar-refractivity contribution in [2.75, 3.05) is 0 Å². The van der Waals surface area contributed by atoms with Crippen LogP contribution in [0.2, 0.25) is 0 Å². The molecule has 0 aromatic heterocycles. The molecule has 0 amide bonds. The molecule has 0 saturated carbocycles. The molecule has 1 aromatic carbocycles. The Bertz CT molecular complexity index is 306. The normalized spacial score (nSPS) is 12.2. The van der Waals surface area contributed by atoms with Crippen LogP contribution in [0.3, 0.4) is 0 Å². The average Bonchev–Trinajstić information content (AvgIpc) is 2.17. The SMILES string of the molecule is CC[C@H](N)c1ccc(OC(C)=O)cc1. The molecule has 0 bridgehead atoms. The van der Waals surface area contributed by atoms with Crippen LogP contribution >= 0.6 is 0 Å². The summed E-state index contributed by atoms with van der Waals surface area (Å²) >= 11 is 0. The van der Waals surface area contributed by atoms with Crippen LogP contribution < -0.4 is 10.5 Å². The first kappa shape index (κ1) is 10.7. The van der Waals surface area contributed by atoms with Gasteiger partial charge in [-0.25, -0.2) is 0 Å². The fraction of sp³-hybridized carbons (Fsp3) is 0.364. The number of hydrogen-bond acceptors (Lipinski definition) is 3. The number of hydrogen-bond donors (Lipinski definition) is 1. The number of benzene rings is 1. The van der Waals surface area contributed by atoms with Gasteiger partial charge >= 0.3 is 5.97 Å². The summed E-state index contributed by atoms with van der Waals surface area (Å²) in [5.41, 5.74) is 6.90. The molecule has 76 valence electrons. The Morgan fingerprint density at radius 1 is 1.43 bits per heavy atom. The fourth-order valence-electron chi connectivity index (χ4n) is 1.18. The lowest BCUT2D eigenvalue weighted by Gasteiger charge is -2.09. The molecule has 0 aliphatic rings. The van der Waals surface area contributed by atoms with E-state index in [1.54, 1.807) is 12.1 Å². The molecule has 2 N–H and O–H groups in total. The third-order valence-corrected chi connectivity index (χ3v) is 2.01. The van der Waals surface area contributed by atoms with E-state index in [1.807, 2.05) is 19.1 Å². The Hall–Kier alpha value is -1.35. The summed E-state index contributed by atoms with van der Waals surface area (Å²) in [6.45, 7) is 3.41. The van der Waals surface area contributed by atoms with E-state index in [-0.39, 0.29) is 12.0 Å². The van der Waals surface area contributed by atoms with Crippen LogP contribution in [-0.2, 0) is 4.79 Å². The van der Waals surface area contributed by atoms with Crippen molar-refractivity contribution < 1.29 is 9.53 Å². The third-order valence-electron chi connectivity index (χ3n) is 2.01. The molecule has 3 nitrogen and oxygen atoms in total. The van der Waals surface area contributed by atoms with Crippen molar-refractivity contribution in [1.29, 1.82) is 0 Å². The monoisotopic (exact) mass is 193 g/mol. The van der Waals surface area contributed by atoms with Gasteiger partial charge in [-0.2, -0.15) is 0 Å². The number of carbonyl (C=O) groups excluding carboxylic acids is 1. The maximum Gasteiger partial charge on any atom is 0.308 e. The van der Waals surface area contributed by atoms with Crippen molar-refractivity contribution in [3.8, 4) is 5.75 Å². The highest BCUT2D eigenvalue weighted by Gasteiger charge is 2.03. The highest BCUT2D eigenvalue weighted by atomic mass is 16.5. The van der Waals surface area contributed by atoms with E-state index in [2.05, 4.69) is 0 Å². The Balaban J connectivity index is 2.73. The van der Waals surface area contributed by atoms with E-state index < -0.39 is 0 Å². The molecule has 0 aliphatic heterocycles. The zero-order valence-electron chi connectivity index (χ0n) is 8.49. The van der Waals surface area contributed by atoms with Crippen LogP contribution in [0.4, 0.5) is 0 Å². The van der Waals surface area contributed by atoms with Crippen LogP contribution in [-0.4, -0.2) is 5.97 Å². The summed E-state index contributed by atoms with van der Waals surface area (Å²) in [5, 5.41) is 0. The van der Waals surface area contributed by atoms with Gasteiger partial charge in [0.15, 0.2) is 0 Å². The van der Waals surface area contributed by atoms with Gasteiger partial charge in [0.05, 0.1) is 0 Å². The van der Waals surface area contributed by atoms with Gasteiger partial charge in [0.2, 0.25) is 0 Å². The van der Waals surface area contributed by atoms with E-state index in [1.165, 1.54) is 6.92 Å². The van der Waals surface area contributed by atoms with Crippen LogP contribution in [0.25, 0.3) is 0 Å².